The number of alkyl halides is 2. The van der Waals surface area contributed by atoms with Crippen LogP contribution in [-0.2, 0) is 5.92 Å². The van der Waals surface area contributed by atoms with Crippen molar-refractivity contribution in [3.8, 4) is 0 Å². The second-order valence-corrected chi connectivity index (χ2v) is 8.63. The van der Waals surface area contributed by atoms with E-state index in [2.05, 4.69) is 10.3 Å². The zero-order valence-electron chi connectivity index (χ0n) is 16.8. The highest BCUT2D eigenvalue weighted by Gasteiger charge is 2.34. The minimum absolute atomic E-state index is 0.101. The van der Waals surface area contributed by atoms with E-state index in [4.69, 9.17) is 11.6 Å². The molecule has 0 aliphatic carbocycles. The predicted octanol–water partition coefficient (Wildman–Crippen LogP) is 6.33. The van der Waals surface area contributed by atoms with Gasteiger partial charge < -0.3 is 5.32 Å². The maximum absolute atomic E-state index is 14.7. The average molecular weight is 447 g/mol. The number of hydrogen-bond acceptors (Lipinski definition) is 3. The van der Waals surface area contributed by atoms with Crippen LogP contribution in [0.1, 0.15) is 32.6 Å². The zero-order valence-corrected chi connectivity index (χ0v) is 18.4. The Balaban J connectivity index is 1.79. The van der Waals surface area contributed by atoms with E-state index in [-0.39, 0.29) is 16.3 Å². The fraction of sp³-hybridized carbons (Fsp3) is 0.217. The molecule has 3 nitrogen and oxygen atoms in total. The van der Waals surface area contributed by atoms with Crippen LogP contribution in [0.2, 0.25) is 5.15 Å². The Hall–Kier alpha value is -2.44. The van der Waals surface area contributed by atoms with Crippen LogP contribution in [0.4, 0.5) is 8.78 Å². The van der Waals surface area contributed by atoms with Crippen molar-refractivity contribution in [1.82, 2.24) is 10.3 Å². The molecule has 0 atom stereocenters. The van der Waals surface area contributed by atoms with Gasteiger partial charge in [0, 0.05) is 21.6 Å². The number of carbonyl (C=O) groups is 1. The van der Waals surface area contributed by atoms with Crippen molar-refractivity contribution in [3.63, 3.8) is 0 Å². The minimum Gasteiger partial charge on any atom is -0.346 e. The van der Waals surface area contributed by atoms with Crippen molar-refractivity contribution in [3.05, 3.63) is 87.7 Å². The van der Waals surface area contributed by atoms with E-state index in [1.165, 1.54) is 30.1 Å². The predicted molar refractivity (Wildman–Crippen MR) is 117 cm³/mol. The van der Waals surface area contributed by atoms with Crippen molar-refractivity contribution in [2.24, 2.45) is 0 Å². The minimum atomic E-state index is -3.20. The van der Waals surface area contributed by atoms with Crippen molar-refractivity contribution in [2.75, 3.05) is 6.54 Å². The van der Waals surface area contributed by atoms with Gasteiger partial charge in [-0.2, -0.15) is 8.78 Å². The second kappa shape index (κ2) is 9.14. The molecule has 30 heavy (non-hydrogen) atoms. The molecule has 1 heterocycles. The number of nitrogens with zero attached hydrogens (tertiary/aromatic N) is 1. The molecule has 1 N–H and O–H groups in total. The molecule has 0 spiro atoms. The number of pyridine rings is 1. The van der Waals surface area contributed by atoms with Gasteiger partial charge in [-0.05, 0) is 44.5 Å². The summed E-state index contributed by atoms with van der Waals surface area (Å²) in [6.45, 7) is 4.64. The number of aryl methyl sites for hydroxylation is 3. The van der Waals surface area contributed by atoms with E-state index in [1.807, 2.05) is 38.1 Å². The van der Waals surface area contributed by atoms with Crippen LogP contribution in [0.25, 0.3) is 0 Å². The summed E-state index contributed by atoms with van der Waals surface area (Å²) in [5, 5.41) is 2.47. The molecular weight excluding hydrogens is 426 g/mol. The number of carbonyl (C=O) groups excluding carboxylic acids is 1. The summed E-state index contributed by atoms with van der Waals surface area (Å²) >= 11 is 7.28. The number of hydrogen-bond donors (Lipinski definition) is 1. The number of halogens is 3. The highest BCUT2D eigenvalue weighted by molar-refractivity contribution is 7.99. The lowest BCUT2D eigenvalue weighted by Gasteiger charge is -2.20. The highest BCUT2D eigenvalue weighted by atomic mass is 35.5. The van der Waals surface area contributed by atoms with Gasteiger partial charge in [-0.3, -0.25) is 4.79 Å². The SMILES string of the molecule is Cc1ccc(Sc2cnc(Cl)cc2C(=O)NCC(F)(F)c2ccc(C)cc2C)cc1. The summed E-state index contributed by atoms with van der Waals surface area (Å²) in [6, 6.07) is 13.9. The molecule has 0 fully saturated rings. The summed E-state index contributed by atoms with van der Waals surface area (Å²) in [5.74, 6) is -3.83. The third kappa shape index (κ3) is 5.37. The first-order chi connectivity index (χ1) is 14.2. The molecule has 156 valence electrons. The molecule has 2 aromatic carbocycles. The largest absolute Gasteiger partial charge is 0.346 e. The van der Waals surface area contributed by atoms with Gasteiger partial charge >= 0.3 is 0 Å². The molecule has 0 radical (unpaired) electrons. The number of amides is 1. The Morgan fingerprint density at radius 1 is 1.07 bits per heavy atom. The first kappa shape index (κ1) is 22.2. The molecule has 0 aliphatic rings. The van der Waals surface area contributed by atoms with Gasteiger partial charge in [0.05, 0.1) is 12.1 Å². The fourth-order valence-electron chi connectivity index (χ4n) is 3.02. The molecule has 0 saturated heterocycles. The van der Waals surface area contributed by atoms with Gasteiger partial charge in [0.25, 0.3) is 11.8 Å². The van der Waals surface area contributed by atoms with Gasteiger partial charge in [-0.25, -0.2) is 4.98 Å². The molecule has 1 amide bonds. The molecule has 7 heteroatoms. The third-order valence-corrected chi connectivity index (χ3v) is 5.83. The van der Waals surface area contributed by atoms with Crippen LogP contribution in [0.3, 0.4) is 0 Å². The molecule has 3 rings (SSSR count). The fourth-order valence-corrected chi connectivity index (χ4v) is 4.07. The Labute approximate surface area is 183 Å². The van der Waals surface area contributed by atoms with Gasteiger partial charge in [0.1, 0.15) is 5.15 Å². The van der Waals surface area contributed by atoms with E-state index < -0.39 is 18.4 Å². The van der Waals surface area contributed by atoms with Crippen LogP contribution in [0, 0.1) is 20.8 Å². The maximum Gasteiger partial charge on any atom is 0.290 e. The summed E-state index contributed by atoms with van der Waals surface area (Å²) in [6.07, 6.45) is 1.48. The molecule has 0 unspecified atom stereocenters. The number of benzene rings is 2. The standard InChI is InChI=1S/C23H21ClF2N2OS/c1-14-4-7-17(8-5-14)30-20-12-27-21(24)11-18(20)22(29)28-13-23(25,26)19-9-6-15(2)10-16(19)3/h4-12H,13H2,1-3H3,(H,28,29). The van der Waals surface area contributed by atoms with Gasteiger partial charge in [0.15, 0.2) is 0 Å². The van der Waals surface area contributed by atoms with Crippen molar-refractivity contribution >= 4 is 29.3 Å². The quantitative estimate of drug-likeness (QED) is 0.449. The van der Waals surface area contributed by atoms with Crippen LogP contribution >= 0.6 is 23.4 Å². The number of rotatable bonds is 6. The van der Waals surface area contributed by atoms with Crippen molar-refractivity contribution in [2.45, 2.75) is 36.5 Å². The van der Waals surface area contributed by atoms with Crippen molar-refractivity contribution < 1.29 is 13.6 Å². The van der Waals surface area contributed by atoms with E-state index in [0.29, 0.717) is 10.5 Å². The number of aromatic nitrogens is 1. The van der Waals surface area contributed by atoms with Gasteiger partial charge in [-0.15, -0.1) is 0 Å². The summed E-state index contributed by atoms with van der Waals surface area (Å²) in [4.78, 5) is 18.2. The number of nitrogens with one attached hydrogen (secondary N) is 1. The van der Waals surface area contributed by atoms with E-state index in [9.17, 15) is 13.6 Å². The van der Waals surface area contributed by atoms with Crippen LogP contribution in [0.15, 0.2) is 64.5 Å². The zero-order chi connectivity index (χ0) is 21.9. The Kier molecular flexibility index (Phi) is 6.78. The first-order valence-corrected chi connectivity index (χ1v) is 10.5. The van der Waals surface area contributed by atoms with Crippen LogP contribution in [-0.4, -0.2) is 17.4 Å². The molecular formula is C23H21ClF2N2OS. The summed E-state index contributed by atoms with van der Waals surface area (Å²) in [5.41, 5.74) is 2.60. The molecule has 0 saturated carbocycles. The topological polar surface area (TPSA) is 42.0 Å². The van der Waals surface area contributed by atoms with Gasteiger partial charge in [-0.1, -0.05) is 64.8 Å². The third-order valence-electron chi connectivity index (χ3n) is 4.57. The van der Waals surface area contributed by atoms with E-state index >= 15 is 0 Å². The van der Waals surface area contributed by atoms with Crippen LogP contribution in [0.5, 0.6) is 0 Å². The first-order valence-electron chi connectivity index (χ1n) is 9.29. The highest BCUT2D eigenvalue weighted by Crippen LogP contribution is 2.33. The average Bonchev–Trinajstić information content (AvgIpc) is 2.69. The Bertz CT molecular complexity index is 1070. The molecule has 0 aliphatic heterocycles. The Morgan fingerprint density at radius 2 is 1.73 bits per heavy atom. The lowest BCUT2D eigenvalue weighted by molar-refractivity contribution is -0.00310. The lowest BCUT2D eigenvalue weighted by atomic mass is 10.00. The molecule has 3 aromatic rings. The summed E-state index contributed by atoms with van der Waals surface area (Å²) in [7, 11) is 0. The van der Waals surface area contributed by atoms with E-state index in [1.54, 1.807) is 19.1 Å². The molecule has 1 aromatic heterocycles. The van der Waals surface area contributed by atoms with E-state index in [0.717, 1.165) is 16.0 Å². The maximum atomic E-state index is 14.7. The Morgan fingerprint density at radius 3 is 2.40 bits per heavy atom. The molecule has 0 bridgehead atoms. The van der Waals surface area contributed by atoms with Gasteiger partial charge in [0.2, 0.25) is 0 Å². The lowest BCUT2D eigenvalue weighted by Crippen LogP contribution is -2.35. The smallest absolute Gasteiger partial charge is 0.290 e. The normalized spacial score (nSPS) is 11.4. The van der Waals surface area contributed by atoms with Crippen molar-refractivity contribution in [1.29, 1.82) is 0 Å². The van der Waals surface area contributed by atoms with Crippen LogP contribution < -0.4 is 5.32 Å². The second-order valence-electron chi connectivity index (χ2n) is 7.12. The summed E-state index contributed by atoms with van der Waals surface area (Å²) < 4.78 is 29.5. The monoisotopic (exact) mass is 446 g/mol.